The lowest BCUT2D eigenvalue weighted by molar-refractivity contribution is 0.146. The number of fused-ring (bicyclic) bond motifs is 20. The Morgan fingerprint density at radius 3 is 0.632 bits per heavy atom. The number of benzene rings is 4. The van der Waals surface area contributed by atoms with Crippen LogP contribution in [0.2, 0.25) is 0 Å². The fourth-order valence-electron chi connectivity index (χ4n) is 13.7. The molecule has 0 aliphatic heterocycles. The van der Waals surface area contributed by atoms with Gasteiger partial charge >= 0.3 is 0 Å². The maximum atomic E-state index is 2.22. The minimum Gasteiger partial charge on any atom is -0.0683 e. The lowest BCUT2D eigenvalue weighted by Gasteiger charge is -2.34. The minimum absolute atomic E-state index is 1.10. The van der Waals surface area contributed by atoms with E-state index in [1.807, 2.05) is 194 Å². The van der Waals surface area contributed by atoms with Crippen molar-refractivity contribution in [2.45, 2.75) is 284 Å². The first-order chi connectivity index (χ1) is 37.8. The van der Waals surface area contributed by atoms with E-state index in [9.17, 15) is 0 Å². The van der Waals surface area contributed by atoms with Crippen LogP contribution in [-0.2, 0) is 12.8 Å². The largest absolute Gasteiger partial charge is 0.0683 e. The Labute approximate surface area is 482 Å². The van der Waals surface area contributed by atoms with Crippen LogP contribution >= 0.6 is 0 Å². The van der Waals surface area contributed by atoms with Gasteiger partial charge in [0.25, 0.3) is 0 Å². The number of hydrogen-bond acceptors (Lipinski definition) is 0. The van der Waals surface area contributed by atoms with Crippen molar-refractivity contribution in [3.63, 3.8) is 0 Å². The van der Waals surface area contributed by atoms with E-state index in [4.69, 9.17) is 0 Å². The van der Waals surface area contributed by atoms with Gasteiger partial charge in [0.1, 0.15) is 0 Å². The molecule has 8 atom stereocenters. The fourth-order valence-corrected chi connectivity index (χ4v) is 13.7. The van der Waals surface area contributed by atoms with E-state index in [0.717, 1.165) is 12.8 Å². The van der Waals surface area contributed by atoms with E-state index in [0.29, 0.717) is 0 Å². The van der Waals surface area contributed by atoms with Crippen molar-refractivity contribution >= 4 is 0 Å². The molecule has 9 aliphatic rings. The van der Waals surface area contributed by atoms with E-state index < -0.39 is 0 Å². The molecule has 13 rings (SSSR count). The zero-order chi connectivity index (χ0) is 59.6. The van der Waals surface area contributed by atoms with Crippen LogP contribution in [0.25, 0.3) is 22.3 Å². The highest BCUT2D eigenvalue weighted by Gasteiger charge is 2.59. The van der Waals surface area contributed by atoms with Gasteiger partial charge in [0.2, 0.25) is 0 Å². The fraction of sp³-hybridized carbons (Fsp3) is 0.684. The molecule has 0 radical (unpaired) electrons. The van der Waals surface area contributed by atoms with Crippen molar-refractivity contribution in [3.05, 3.63) is 119 Å². The molecular weight excluding hydrogens is 913 g/mol. The van der Waals surface area contributed by atoms with Gasteiger partial charge in [-0.3, -0.25) is 0 Å². The van der Waals surface area contributed by atoms with Crippen molar-refractivity contribution in [1.82, 2.24) is 0 Å². The Hall–Kier alpha value is -3.12. The summed E-state index contributed by atoms with van der Waals surface area (Å²) in [6.07, 6.45) is 21.4. The van der Waals surface area contributed by atoms with Crippen LogP contribution in [-0.4, -0.2) is 0 Å². The van der Waals surface area contributed by atoms with Crippen LogP contribution < -0.4 is 0 Å². The summed E-state index contributed by atoms with van der Waals surface area (Å²) in [5.74, 6) is 12.1. The van der Waals surface area contributed by atoms with Crippen LogP contribution in [0.5, 0.6) is 0 Å². The van der Waals surface area contributed by atoms with Crippen molar-refractivity contribution in [2.75, 3.05) is 0 Å². The minimum atomic E-state index is 1.10. The van der Waals surface area contributed by atoms with Gasteiger partial charge in [0.05, 0.1) is 0 Å². The molecule has 9 aliphatic carbocycles. The third-order valence-electron chi connectivity index (χ3n) is 15.4. The van der Waals surface area contributed by atoms with Crippen molar-refractivity contribution in [2.24, 2.45) is 59.2 Å². The maximum absolute atomic E-state index is 2.22. The predicted molar refractivity (Wildman–Crippen MR) is 359 cm³/mol. The van der Waals surface area contributed by atoms with Crippen molar-refractivity contribution in [3.8, 4) is 22.3 Å². The third kappa shape index (κ3) is 23.3. The normalized spacial score (nSPS) is 23.3. The third-order valence-corrected chi connectivity index (χ3v) is 15.4. The molecule has 442 valence electrons. The average Bonchev–Trinajstić information content (AvgIpc) is 4.43. The lowest BCUT2D eigenvalue weighted by Crippen LogP contribution is -2.27. The first kappa shape index (κ1) is 81.7. The van der Waals surface area contributed by atoms with Crippen LogP contribution in [0.3, 0.4) is 0 Å². The second kappa shape index (κ2) is 55.2. The van der Waals surface area contributed by atoms with E-state index in [2.05, 4.69) is 97.1 Å². The second-order valence-corrected chi connectivity index (χ2v) is 17.4. The highest BCUT2D eigenvalue weighted by molar-refractivity contribution is 5.77. The summed E-state index contributed by atoms with van der Waals surface area (Å²) >= 11 is 0. The molecule has 0 heterocycles. The standard InChI is InChI=1S/2C13H10.C12H18.C10H16.14C2H6/c2*1-3-7-12-10(5-1)9-11-6-2-4-8-13(11)12;1-2-8-5-7(1)11-9-3-4-10(6-9)12(8)11;1-2-9-7-4-5-8(6-7)10(9)3-1;14*1-2/h2*1-8H,9H2;7-12H,1-6H2;7-10H,1-6H2;14*1-2H3. The predicted octanol–water partition coefficient (Wildman–Crippen LogP) is 26.8. The summed E-state index contributed by atoms with van der Waals surface area (Å²) in [4.78, 5) is 0. The second-order valence-electron chi connectivity index (χ2n) is 17.4. The molecule has 0 spiro atoms. The zero-order valence-corrected chi connectivity index (χ0v) is 56.9. The van der Waals surface area contributed by atoms with Gasteiger partial charge in [-0.05, 0) is 187 Å². The zero-order valence-electron chi connectivity index (χ0n) is 56.9. The average molecular weight is 1050 g/mol. The van der Waals surface area contributed by atoms with E-state index in [1.165, 1.54) is 104 Å². The molecule has 0 aromatic heterocycles. The Morgan fingerprint density at radius 2 is 0.408 bits per heavy atom. The first-order valence-electron chi connectivity index (χ1n) is 34.1. The molecule has 7 saturated carbocycles. The molecule has 0 N–H and O–H groups in total. The van der Waals surface area contributed by atoms with Gasteiger partial charge in [-0.15, -0.1) is 0 Å². The van der Waals surface area contributed by atoms with Gasteiger partial charge in [-0.25, -0.2) is 0 Å². The first-order valence-corrected chi connectivity index (χ1v) is 34.1. The summed E-state index contributed by atoms with van der Waals surface area (Å²) in [6, 6.07) is 34.6. The molecule has 0 amide bonds. The Bertz CT molecular complexity index is 1540. The molecule has 4 aromatic carbocycles. The molecule has 6 bridgehead atoms. The Balaban J connectivity index is -0.000000256. The maximum Gasteiger partial charge on any atom is -0.00135 e. The molecule has 4 aromatic rings. The SMILES string of the molecule is C1CC2C3CCC(C3)C2C1.C1CC2CC1C1C3CCC(C3)C21.CC.CC.CC.CC.CC.CC.CC.CC.CC.CC.CC.CC.CC.CC.c1ccc2c(c1)Cc1ccccc1-2.c1ccc2c(c1)Cc1ccccc1-2. The summed E-state index contributed by atoms with van der Waals surface area (Å²) in [5, 5.41) is 0. The van der Waals surface area contributed by atoms with Crippen LogP contribution in [0.4, 0.5) is 0 Å². The van der Waals surface area contributed by atoms with Gasteiger partial charge in [-0.2, -0.15) is 0 Å². The molecular formula is C76H138. The van der Waals surface area contributed by atoms with E-state index >= 15 is 0 Å². The van der Waals surface area contributed by atoms with E-state index in [-0.39, 0.29) is 0 Å². The number of hydrogen-bond donors (Lipinski definition) is 0. The van der Waals surface area contributed by atoms with Gasteiger partial charge in [-0.1, -0.05) is 297 Å². The van der Waals surface area contributed by atoms with Crippen molar-refractivity contribution < 1.29 is 0 Å². The van der Waals surface area contributed by atoms with Crippen LogP contribution in [0.15, 0.2) is 97.1 Å². The molecule has 7 fully saturated rings. The van der Waals surface area contributed by atoms with E-state index in [1.54, 1.807) is 77.0 Å². The van der Waals surface area contributed by atoms with Gasteiger partial charge in [0.15, 0.2) is 0 Å². The molecule has 0 nitrogen and oxygen atoms in total. The molecule has 0 heteroatoms. The summed E-state index contributed by atoms with van der Waals surface area (Å²) in [7, 11) is 0. The van der Waals surface area contributed by atoms with Gasteiger partial charge < -0.3 is 0 Å². The number of rotatable bonds is 0. The molecule has 76 heavy (non-hydrogen) atoms. The van der Waals surface area contributed by atoms with Crippen LogP contribution in [0, 0.1) is 59.2 Å². The lowest BCUT2D eigenvalue weighted by atomic mass is 9.71. The van der Waals surface area contributed by atoms with Crippen LogP contribution in [0.1, 0.15) is 293 Å². The summed E-state index contributed by atoms with van der Waals surface area (Å²) in [6.45, 7) is 56.0. The monoisotopic (exact) mass is 1050 g/mol. The summed E-state index contributed by atoms with van der Waals surface area (Å²) in [5.41, 5.74) is 11.5. The van der Waals surface area contributed by atoms with Crippen molar-refractivity contribution in [1.29, 1.82) is 0 Å². The van der Waals surface area contributed by atoms with Gasteiger partial charge in [0, 0.05) is 0 Å². The highest BCUT2D eigenvalue weighted by Crippen LogP contribution is 2.67. The molecule has 8 unspecified atom stereocenters. The smallest absolute Gasteiger partial charge is 0.00135 e. The Kier molecular flexibility index (Phi) is 59.4. The highest BCUT2D eigenvalue weighted by atomic mass is 14.6. The quantitative estimate of drug-likeness (QED) is 0.133. The Morgan fingerprint density at radius 1 is 0.224 bits per heavy atom. The topological polar surface area (TPSA) is 0 Å². The molecule has 0 saturated heterocycles. The summed E-state index contributed by atoms with van der Waals surface area (Å²) < 4.78 is 0.